The van der Waals surface area contributed by atoms with Crippen molar-refractivity contribution in [3.8, 4) is 0 Å². The SMILES string of the molecule is Cn1cnc2c(F)c(I)c(Cl)cc21. The molecule has 0 saturated heterocycles. The van der Waals surface area contributed by atoms with E-state index < -0.39 is 0 Å². The number of benzene rings is 1. The number of hydrogen-bond donors (Lipinski definition) is 0. The molecule has 0 amide bonds. The molecule has 0 radical (unpaired) electrons. The maximum atomic E-state index is 13.5. The lowest BCUT2D eigenvalue weighted by molar-refractivity contribution is 0.630. The molecular formula is C8H5ClFIN2. The maximum absolute atomic E-state index is 13.5. The molecule has 0 N–H and O–H groups in total. The van der Waals surface area contributed by atoms with Gasteiger partial charge in [-0.3, -0.25) is 0 Å². The van der Waals surface area contributed by atoms with Crippen LogP contribution >= 0.6 is 34.2 Å². The van der Waals surface area contributed by atoms with E-state index in [1.807, 2.05) is 22.6 Å². The Morgan fingerprint density at radius 2 is 2.31 bits per heavy atom. The Morgan fingerprint density at radius 3 is 3.00 bits per heavy atom. The molecule has 1 aromatic carbocycles. The van der Waals surface area contributed by atoms with Gasteiger partial charge in [-0.2, -0.15) is 0 Å². The highest BCUT2D eigenvalue weighted by Crippen LogP contribution is 2.27. The third-order valence-electron chi connectivity index (χ3n) is 1.86. The average molecular weight is 310 g/mol. The van der Waals surface area contributed by atoms with Crippen LogP contribution in [0.25, 0.3) is 11.0 Å². The first kappa shape index (κ1) is 9.21. The first-order chi connectivity index (χ1) is 6.11. The summed E-state index contributed by atoms with van der Waals surface area (Å²) in [6, 6.07) is 1.72. The number of halogens is 3. The number of rotatable bonds is 0. The van der Waals surface area contributed by atoms with Crippen LogP contribution in [0.3, 0.4) is 0 Å². The van der Waals surface area contributed by atoms with Crippen molar-refractivity contribution in [2.24, 2.45) is 7.05 Å². The molecule has 5 heteroatoms. The summed E-state index contributed by atoms with van der Waals surface area (Å²) in [6.07, 6.45) is 1.57. The summed E-state index contributed by atoms with van der Waals surface area (Å²) in [5.41, 5.74) is 1.08. The molecule has 0 atom stereocenters. The smallest absolute Gasteiger partial charge is 0.165 e. The lowest BCUT2D eigenvalue weighted by Gasteiger charge is -2.00. The summed E-state index contributed by atoms with van der Waals surface area (Å²) in [7, 11) is 1.80. The Morgan fingerprint density at radius 1 is 1.62 bits per heavy atom. The topological polar surface area (TPSA) is 17.8 Å². The first-order valence-corrected chi connectivity index (χ1v) is 5.01. The minimum Gasteiger partial charge on any atom is -0.334 e. The lowest BCUT2D eigenvalue weighted by Crippen LogP contribution is -1.89. The lowest BCUT2D eigenvalue weighted by atomic mass is 10.3. The summed E-state index contributed by atoms with van der Waals surface area (Å²) < 4.78 is 15.7. The minimum absolute atomic E-state index is 0.344. The van der Waals surface area contributed by atoms with Crippen molar-refractivity contribution in [1.29, 1.82) is 0 Å². The zero-order valence-corrected chi connectivity index (χ0v) is 9.60. The van der Waals surface area contributed by atoms with Crippen LogP contribution in [-0.4, -0.2) is 9.55 Å². The fourth-order valence-electron chi connectivity index (χ4n) is 1.17. The van der Waals surface area contributed by atoms with E-state index in [9.17, 15) is 4.39 Å². The number of nitrogens with zero attached hydrogens (tertiary/aromatic N) is 2. The predicted octanol–water partition coefficient (Wildman–Crippen LogP) is 2.97. The monoisotopic (exact) mass is 310 g/mol. The summed E-state index contributed by atoms with van der Waals surface area (Å²) in [5, 5.41) is 0.425. The summed E-state index contributed by atoms with van der Waals surface area (Å²) in [4.78, 5) is 3.94. The van der Waals surface area contributed by atoms with Crippen LogP contribution in [0.15, 0.2) is 12.4 Å². The largest absolute Gasteiger partial charge is 0.334 e. The van der Waals surface area contributed by atoms with Gasteiger partial charge >= 0.3 is 0 Å². The van der Waals surface area contributed by atoms with Crippen molar-refractivity contribution in [2.45, 2.75) is 0 Å². The van der Waals surface area contributed by atoms with Gasteiger partial charge in [0, 0.05) is 7.05 Å². The number of hydrogen-bond acceptors (Lipinski definition) is 1. The van der Waals surface area contributed by atoms with Crippen molar-refractivity contribution in [1.82, 2.24) is 9.55 Å². The molecule has 1 aromatic heterocycles. The van der Waals surface area contributed by atoms with Crippen LogP contribution in [0, 0.1) is 9.39 Å². The van der Waals surface area contributed by atoms with E-state index in [0.717, 1.165) is 0 Å². The van der Waals surface area contributed by atoms with Crippen molar-refractivity contribution in [3.63, 3.8) is 0 Å². The summed E-state index contributed by atoms with van der Waals surface area (Å²) in [5.74, 6) is -0.344. The van der Waals surface area contributed by atoms with E-state index in [4.69, 9.17) is 11.6 Å². The van der Waals surface area contributed by atoms with Crippen LogP contribution < -0.4 is 0 Å². The second-order valence-electron chi connectivity index (χ2n) is 2.71. The van der Waals surface area contributed by atoms with Gasteiger partial charge in [-0.25, -0.2) is 9.37 Å². The van der Waals surface area contributed by atoms with Gasteiger partial charge in [-0.15, -0.1) is 0 Å². The van der Waals surface area contributed by atoms with Gasteiger partial charge < -0.3 is 4.57 Å². The van der Waals surface area contributed by atoms with E-state index in [2.05, 4.69) is 4.98 Å². The Balaban J connectivity index is 2.96. The van der Waals surface area contributed by atoms with E-state index in [1.165, 1.54) is 0 Å². The quantitative estimate of drug-likeness (QED) is 0.540. The molecule has 0 spiro atoms. The molecule has 13 heavy (non-hydrogen) atoms. The van der Waals surface area contributed by atoms with Crippen LogP contribution in [-0.2, 0) is 7.05 Å². The fraction of sp³-hybridized carbons (Fsp3) is 0.125. The Kier molecular flexibility index (Phi) is 2.19. The van der Waals surface area contributed by atoms with Gasteiger partial charge in [-0.1, -0.05) is 11.6 Å². The Bertz CT molecular complexity index is 480. The highest BCUT2D eigenvalue weighted by atomic mass is 127. The van der Waals surface area contributed by atoms with E-state index in [1.54, 1.807) is 24.0 Å². The van der Waals surface area contributed by atoms with Crippen molar-refractivity contribution < 1.29 is 4.39 Å². The normalized spacial score (nSPS) is 11.1. The predicted molar refractivity (Wildman–Crippen MR) is 58.4 cm³/mol. The molecular weight excluding hydrogens is 305 g/mol. The molecule has 0 aliphatic heterocycles. The fourth-order valence-corrected chi connectivity index (χ4v) is 1.77. The summed E-state index contributed by atoms with van der Waals surface area (Å²) >= 11 is 7.70. The van der Waals surface area contributed by atoms with Gasteiger partial charge in [0.1, 0.15) is 5.52 Å². The molecule has 0 aliphatic carbocycles. The van der Waals surface area contributed by atoms with Gasteiger partial charge in [-0.05, 0) is 28.7 Å². The van der Waals surface area contributed by atoms with Crippen molar-refractivity contribution in [2.75, 3.05) is 0 Å². The zero-order chi connectivity index (χ0) is 9.59. The van der Waals surface area contributed by atoms with E-state index in [0.29, 0.717) is 19.6 Å². The molecule has 2 aromatic rings. The molecule has 0 aliphatic rings. The molecule has 68 valence electrons. The van der Waals surface area contributed by atoms with E-state index in [-0.39, 0.29) is 5.82 Å². The second-order valence-corrected chi connectivity index (χ2v) is 4.20. The highest BCUT2D eigenvalue weighted by molar-refractivity contribution is 14.1. The number of fused-ring (bicyclic) bond motifs is 1. The van der Waals surface area contributed by atoms with Gasteiger partial charge in [0.25, 0.3) is 0 Å². The summed E-state index contributed by atoms with van der Waals surface area (Å²) in [6.45, 7) is 0. The molecule has 0 saturated carbocycles. The maximum Gasteiger partial charge on any atom is 0.165 e. The van der Waals surface area contributed by atoms with Crippen molar-refractivity contribution in [3.05, 3.63) is 26.8 Å². The Hall–Kier alpha value is -0.360. The molecule has 2 nitrogen and oxygen atoms in total. The molecule has 0 fully saturated rings. The molecule has 0 bridgehead atoms. The van der Waals surface area contributed by atoms with Crippen LogP contribution in [0.2, 0.25) is 5.02 Å². The van der Waals surface area contributed by atoms with Crippen LogP contribution in [0.5, 0.6) is 0 Å². The van der Waals surface area contributed by atoms with E-state index >= 15 is 0 Å². The highest BCUT2D eigenvalue weighted by Gasteiger charge is 2.12. The minimum atomic E-state index is -0.344. The van der Waals surface area contributed by atoms with Crippen molar-refractivity contribution >= 4 is 45.2 Å². The number of aryl methyl sites for hydroxylation is 1. The Labute approximate surface area is 92.8 Å². The second kappa shape index (κ2) is 3.09. The average Bonchev–Trinajstić information content (AvgIpc) is 2.45. The van der Waals surface area contributed by atoms with Crippen LogP contribution in [0.4, 0.5) is 4.39 Å². The standard InChI is InChI=1S/C8H5ClFIN2/c1-13-3-12-8-5(13)2-4(9)7(11)6(8)10/h2-3H,1H3. The van der Waals surface area contributed by atoms with Gasteiger partial charge in [0.2, 0.25) is 0 Å². The van der Waals surface area contributed by atoms with Gasteiger partial charge in [0.05, 0.1) is 20.4 Å². The van der Waals surface area contributed by atoms with Crippen LogP contribution in [0.1, 0.15) is 0 Å². The number of imidazole rings is 1. The molecule has 2 rings (SSSR count). The molecule has 0 unspecified atom stereocenters. The third kappa shape index (κ3) is 1.32. The first-order valence-electron chi connectivity index (χ1n) is 3.56. The zero-order valence-electron chi connectivity index (χ0n) is 6.68. The van der Waals surface area contributed by atoms with Gasteiger partial charge in [0.15, 0.2) is 5.82 Å². The third-order valence-corrected chi connectivity index (χ3v) is 3.53. The molecule has 1 heterocycles. The number of aromatic nitrogens is 2.